The highest BCUT2D eigenvalue weighted by atomic mass is 35.5. The van der Waals surface area contributed by atoms with Gasteiger partial charge in [-0.05, 0) is 37.5 Å². The minimum atomic E-state index is 0.0604. The topological polar surface area (TPSA) is 44.5 Å². The summed E-state index contributed by atoms with van der Waals surface area (Å²) in [5.74, 6) is 0.686. The van der Waals surface area contributed by atoms with Gasteiger partial charge >= 0.3 is 0 Å². The second kappa shape index (κ2) is 5.51. The normalized spacial score (nSPS) is 24.1. The molecule has 1 saturated heterocycles. The molecule has 3 rings (SSSR count). The first-order valence-corrected chi connectivity index (χ1v) is 7.77. The monoisotopic (exact) mass is 311 g/mol. The largest absolute Gasteiger partial charge is 0.489 e. The molecule has 5 heteroatoms. The first kappa shape index (κ1) is 14.1. The number of benzene rings is 1. The van der Waals surface area contributed by atoms with Gasteiger partial charge in [0.1, 0.15) is 16.8 Å². The van der Waals surface area contributed by atoms with E-state index in [0.717, 1.165) is 37.9 Å². The van der Waals surface area contributed by atoms with E-state index < -0.39 is 0 Å². The Kier molecular flexibility index (Phi) is 3.89. The predicted molar refractivity (Wildman–Crippen MR) is 83.5 cm³/mol. The Morgan fingerprint density at radius 3 is 2.90 bits per heavy atom. The van der Waals surface area contributed by atoms with Crippen LogP contribution in [0.4, 0.5) is 0 Å². The molecule has 1 unspecified atom stereocenters. The van der Waals surface area contributed by atoms with E-state index in [0.29, 0.717) is 15.8 Å². The fourth-order valence-corrected chi connectivity index (χ4v) is 3.31. The van der Waals surface area contributed by atoms with E-state index in [9.17, 15) is 0 Å². The Balaban J connectivity index is 1.76. The molecule has 1 atom stereocenters. The molecular formula is C15H18ClNO2S. The summed E-state index contributed by atoms with van der Waals surface area (Å²) in [5, 5.41) is 0.630. The second-order valence-corrected chi connectivity index (χ2v) is 6.50. The van der Waals surface area contributed by atoms with Crippen molar-refractivity contribution in [2.75, 3.05) is 6.61 Å². The molecule has 0 amide bonds. The van der Waals surface area contributed by atoms with Crippen LogP contribution < -0.4 is 10.5 Å². The lowest BCUT2D eigenvalue weighted by atomic mass is 9.74. The highest BCUT2D eigenvalue weighted by Crippen LogP contribution is 2.43. The number of rotatable bonds is 3. The van der Waals surface area contributed by atoms with E-state index >= 15 is 0 Å². The van der Waals surface area contributed by atoms with Gasteiger partial charge in [-0.3, -0.25) is 0 Å². The van der Waals surface area contributed by atoms with Crippen LogP contribution in [-0.2, 0) is 4.74 Å². The van der Waals surface area contributed by atoms with Gasteiger partial charge < -0.3 is 15.2 Å². The third kappa shape index (κ3) is 2.78. The van der Waals surface area contributed by atoms with Crippen LogP contribution in [0.1, 0.15) is 37.7 Å². The first-order valence-electron chi connectivity index (χ1n) is 6.98. The van der Waals surface area contributed by atoms with Crippen LogP contribution in [0.3, 0.4) is 0 Å². The molecule has 1 saturated carbocycles. The maximum Gasteiger partial charge on any atom is 0.131 e. The van der Waals surface area contributed by atoms with E-state index in [1.54, 1.807) is 12.1 Å². The molecule has 1 spiro atoms. The van der Waals surface area contributed by atoms with Crippen LogP contribution in [0.5, 0.6) is 5.75 Å². The zero-order chi connectivity index (χ0) is 14.2. The number of ether oxygens (including phenoxy) is 2. The summed E-state index contributed by atoms with van der Waals surface area (Å²) in [5.41, 5.74) is 6.55. The van der Waals surface area contributed by atoms with E-state index in [1.165, 1.54) is 6.42 Å². The van der Waals surface area contributed by atoms with Crippen LogP contribution in [0.25, 0.3) is 0 Å². The quantitative estimate of drug-likeness (QED) is 0.868. The third-order valence-electron chi connectivity index (χ3n) is 4.22. The number of nitrogens with two attached hydrogens (primary N) is 1. The number of halogens is 1. The van der Waals surface area contributed by atoms with Crippen LogP contribution in [0.15, 0.2) is 18.2 Å². The Morgan fingerprint density at radius 2 is 2.25 bits per heavy atom. The van der Waals surface area contributed by atoms with Gasteiger partial charge in [0, 0.05) is 17.9 Å². The smallest absolute Gasteiger partial charge is 0.131 e. The Hall–Kier alpha value is -0.840. The predicted octanol–water partition coefficient (Wildman–Crippen LogP) is 3.45. The average Bonchev–Trinajstić information content (AvgIpc) is 2.37. The lowest BCUT2D eigenvalue weighted by Gasteiger charge is -2.47. The second-order valence-electron chi connectivity index (χ2n) is 5.62. The summed E-state index contributed by atoms with van der Waals surface area (Å²) in [7, 11) is 0. The molecule has 20 heavy (non-hydrogen) atoms. The van der Waals surface area contributed by atoms with Crippen molar-refractivity contribution in [3.05, 3.63) is 28.8 Å². The van der Waals surface area contributed by atoms with Crippen molar-refractivity contribution in [1.29, 1.82) is 0 Å². The van der Waals surface area contributed by atoms with Gasteiger partial charge in [-0.1, -0.05) is 23.8 Å². The minimum absolute atomic E-state index is 0.0604. The van der Waals surface area contributed by atoms with Crippen molar-refractivity contribution in [3.8, 4) is 5.75 Å². The van der Waals surface area contributed by atoms with E-state index in [4.69, 9.17) is 39.0 Å². The fourth-order valence-electron chi connectivity index (χ4n) is 2.98. The summed E-state index contributed by atoms with van der Waals surface area (Å²) < 4.78 is 12.0. The lowest BCUT2D eigenvalue weighted by molar-refractivity contribution is -0.153. The van der Waals surface area contributed by atoms with Gasteiger partial charge in [0.2, 0.25) is 0 Å². The Bertz CT molecular complexity index is 531. The van der Waals surface area contributed by atoms with Crippen molar-refractivity contribution < 1.29 is 9.47 Å². The molecule has 0 aromatic heterocycles. The fraction of sp³-hybridized carbons (Fsp3) is 0.533. The van der Waals surface area contributed by atoms with Crippen molar-refractivity contribution in [2.45, 2.75) is 43.8 Å². The van der Waals surface area contributed by atoms with Crippen molar-refractivity contribution in [3.63, 3.8) is 0 Å². The van der Waals surface area contributed by atoms with Crippen LogP contribution in [0, 0.1) is 0 Å². The van der Waals surface area contributed by atoms with Crippen LogP contribution >= 0.6 is 23.8 Å². The van der Waals surface area contributed by atoms with Crippen LogP contribution in [-0.4, -0.2) is 23.3 Å². The molecule has 0 radical (unpaired) electrons. The molecule has 2 N–H and O–H groups in total. The van der Waals surface area contributed by atoms with E-state index in [2.05, 4.69) is 0 Å². The summed E-state index contributed by atoms with van der Waals surface area (Å²) in [4.78, 5) is 0.335. The SMILES string of the molecule is NC(=S)c1ccc(Cl)cc1OC1CCOC2(CCC2)C1. The molecular weight excluding hydrogens is 294 g/mol. The molecule has 1 aromatic carbocycles. The number of hydrogen-bond acceptors (Lipinski definition) is 3. The van der Waals surface area contributed by atoms with Gasteiger partial charge in [-0.15, -0.1) is 0 Å². The first-order chi connectivity index (χ1) is 9.58. The molecule has 0 bridgehead atoms. The van der Waals surface area contributed by atoms with E-state index in [1.807, 2.05) is 6.07 Å². The molecule has 2 fully saturated rings. The number of thiocarbonyl (C=S) groups is 1. The number of hydrogen-bond donors (Lipinski definition) is 1. The van der Waals surface area contributed by atoms with Crippen LogP contribution in [0.2, 0.25) is 5.02 Å². The summed E-state index contributed by atoms with van der Waals surface area (Å²) in [6, 6.07) is 5.39. The third-order valence-corrected chi connectivity index (χ3v) is 4.67. The zero-order valence-electron chi connectivity index (χ0n) is 11.2. The standard InChI is InChI=1S/C15H18ClNO2S/c16-10-2-3-12(14(17)20)13(8-10)19-11-4-7-18-15(9-11)5-1-6-15/h2-3,8,11H,1,4-7,9H2,(H2,17,20). The van der Waals surface area contributed by atoms with Gasteiger partial charge in [0.25, 0.3) is 0 Å². The zero-order valence-corrected chi connectivity index (χ0v) is 12.8. The van der Waals surface area contributed by atoms with Crippen molar-refractivity contribution >= 4 is 28.8 Å². The Labute approximate surface area is 129 Å². The molecule has 108 valence electrons. The Morgan fingerprint density at radius 1 is 1.45 bits per heavy atom. The molecule has 1 aromatic rings. The molecule has 1 aliphatic heterocycles. The maximum absolute atomic E-state index is 6.13. The highest BCUT2D eigenvalue weighted by molar-refractivity contribution is 7.80. The summed E-state index contributed by atoms with van der Waals surface area (Å²) in [6.45, 7) is 0.758. The van der Waals surface area contributed by atoms with Gasteiger partial charge in [0.15, 0.2) is 0 Å². The maximum atomic E-state index is 6.13. The van der Waals surface area contributed by atoms with Gasteiger partial charge in [0.05, 0.1) is 17.8 Å². The molecule has 1 heterocycles. The molecule has 1 aliphatic carbocycles. The highest BCUT2D eigenvalue weighted by Gasteiger charge is 2.43. The van der Waals surface area contributed by atoms with Gasteiger partial charge in [-0.25, -0.2) is 0 Å². The average molecular weight is 312 g/mol. The minimum Gasteiger partial charge on any atom is -0.489 e. The lowest BCUT2D eigenvalue weighted by Crippen LogP contribution is -2.48. The van der Waals surface area contributed by atoms with Gasteiger partial charge in [-0.2, -0.15) is 0 Å². The van der Waals surface area contributed by atoms with Crippen molar-refractivity contribution in [1.82, 2.24) is 0 Å². The molecule has 2 aliphatic rings. The summed E-state index contributed by atoms with van der Waals surface area (Å²) >= 11 is 11.1. The summed E-state index contributed by atoms with van der Waals surface area (Å²) in [6.07, 6.45) is 5.52. The van der Waals surface area contributed by atoms with Crippen molar-refractivity contribution in [2.24, 2.45) is 5.73 Å². The van der Waals surface area contributed by atoms with E-state index in [-0.39, 0.29) is 11.7 Å². The molecule has 3 nitrogen and oxygen atoms in total.